The summed E-state index contributed by atoms with van der Waals surface area (Å²) in [6, 6.07) is 3.89. The molecule has 2 aliphatic heterocycles. The molecule has 3 heterocycles. The van der Waals surface area contributed by atoms with Gasteiger partial charge in [-0.2, -0.15) is 0 Å². The lowest BCUT2D eigenvalue weighted by molar-refractivity contribution is -0.140. The van der Waals surface area contributed by atoms with Crippen LogP contribution < -0.4 is 4.74 Å². The molecule has 2 aliphatic rings. The summed E-state index contributed by atoms with van der Waals surface area (Å²) in [6.45, 7) is 5.13. The van der Waals surface area contributed by atoms with E-state index in [1.807, 2.05) is 17.0 Å². The van der Waals surface area contributed by atoms with Gasteiger partial charge >= 0.3 is 0 Å². The van der Waals surface area contributed by atoms with Crippen LogP contribution in [0.25, 0.3) is 0 Å². The first-order valence-electron chi connectivity index (χ1n) is 9.12. The Morgan fingerprint density at radius 2 is 2.16 bits per heavy atom. The van der Waals surface area contributed by atoms with E-state index in [1.165, 1.54) is 12.8 Å². The molecule has 25 heavy (non-hydrogen) atoms. The van der Waals surface area contributed by atoms with E-state index in [9.17, 15) is 4.79 Å². The molecule has 6 nitrogen and oxygen atoms in total. The van der Waals surface area contributed by atoms with Crippen LogP contribution in [0, 0.1) is 5.41 Å². The van der Waals surface area contributed by atoms with Crippen LogP contribution in [-0.4, -0.2) is 67.7 Å². The van der Waals surface area contributed by atoms with Crippen molar-refractivity contribution in [3.63, 3.8) is 0 Å². The fourth-order valence-corrected chi connectivity index (χ4v) is 4.18. The maximum absolute atomic E-state index is 12.2. The molecule has 2 saturated heterocycles. The Hall–Kier alpha value is -1.66. The highest BCUT2D eigenvalue weighted by atomic mass is 16.5. The monoisotopic (exact) mass is 347 g/mol. The smallest absolute Gasteiger partial charge is 0.222 e. The van der Waals surface area contributed by atoms with E-state index in [1.54, 1.807) is 20.4 Å². The number of methoxy groups -OCH3 is 2. The average molecular weight is 347 g/mol. The SMILES string of the molecule is COCCN1CC2(CCCN(Cc3cc(OC)ccn3)C2)CCC1=O. The minimum absolute atomic E-state index is 0.221. The predicted octanol–water partition coefficient (Wildman–Crippen LogP) is 1.94. The fraction of sp³-hybridized carbons (Fsp3) is 0.684. The van der Waals surface area contributed by atoms with Gasteiger partial charge in [-0.05, 0) is 31.9 Å². The van der Waals surface area contributed by atoms with Crippen molar-refractivity contribution in [3.8, 4) is 5.75 Å². The zero-order valence-electron chi connectivity index (χ0n) is 15.4. The highest BCUT2D eigenvalue weighted by Gasteiger charge is 2.41. The van der Waals surface area contributed by atoms with Gasteiger partial charge in [-0.1, -0.05) is 0 Å². The quantitative estimate of drug-likeness (QED) is 0.787. The van der Waals surface area contributed by atoms with Gasteiger partial charge in [0.2, 0.25) is 5.91 Å². The number of likely N-dealkylation sites (tertiary alicyclic amines) is 2. The third-order valence-electron chi connectivity index (χ3n) is 5.46. The first kappa shape index (κ1) is 18.1. The van der Waals surface area contributed by atoms with Gasteiger partial charge in [-0.15, -0.1) is 0 Å². The molecule has 2 fully saturated rings. The highest BCUT2D eigenvalue weighted by molar-refractivity contribution is 5.77. The molecule has 0 radical (unpaired) electrons. The summed E-state index contributed by atoms with van der Waals surface area (Å²) in [7, 11) is 3.37. The average Bonchev–Trinajstić information content (AvgIpc) is 2.63. The van der Waals surface area contributed by atoms with Crippen molar-refractivity contribution in [1.29, 1.82) is 0 Å². The van der Waals surface area contributed by atoms with Gasteiger partial charge in [0.25, 0.3) is 0 Å². The molecule has 0 aromatic carbocycles. The number of amides is 1. The van der Waals surface area contributed by atoms with E-state index in [2.05, 4.69) is 9.88 Å². The molecule has 0 saturated carbocycles. The number of piperidine rings is 2. The van der Waals surface area contributed by atoms with Crippen LogP contribution in [0.1, 0.15) is 31.4 Å². The first-order chi connectivity index (χ1) is 12.1. The molecule has 1 atom stereocenters. The minimum atomic E-state index is 0.221. The van der Waals surface area contributed by atoms with Gasteiger partial charge < -0.3 is 14.4 Å². The van der Waals surface area contributed by atoms with Gasteiger partial charge in [0.1, 0.15) is 5.75 Å². The molecule has 1 amide bonds. The van der Waals surface area contributed by atoms with Crippen LogP contribution >= 0.6 is 0 Å². The summed E-state index contributed by atoms with van der Waals surface area (Å²) in [5.74, 6) is 1.12. The molecule has 0 N–H and O–H groups in total. The molecule has 3 rings (SSSR count). The predicted molar refractivity (Wildman–Crippen MR) is 95.4 cm³/mol. The molecule has 6 heteroatoms. The first-order valence-corrected chi connectivity index (χ1v) is 9.12. The number of rotatable bonds is 6. The van der Waals surface area contributed by atoms with Gasteiger partial charge in [0, 0.05) is 57.4 Å². The van der Waals surface area contributed by atoms with Crippen LogP contribution in [0.15, 0.2) is 18.3 Å². The number of ether oxygens (including phenoxy) is 2. The Kier molecular flexibility index (Phi) is 5.91. The van der Waals surface area contributed by atoms with E-state index in [0.29, 0.717) is 19.6 Å². The number of aromatic nitrogens is 1. The zero-order valence-corrected chi connectivity index (χ0v) is 15.4. The van der Waals surface area contributed by atoms with Crippen molar-refractivity contribution in [2.24, 2.45) is 5.41 Å². The van der Waals surface area contributed by atoms with Crippen molar-refractivity contribution in [1.82, 2.24) is 14.8 Å². The molecule has 0 aliphatic carbocycles. The molecule has 1 unspecified atom stereocenters. The molecule has 1 aromatic rings. The Morgan fingerprint density at radius 3 is 2.96 bits per heavy atom. The second-order valence-corrected chi connectivity index (χ2v) is 7.31. The molecular formula is C19H29N3O3. The van der Waals surface area contributed by atoms with E-state index >= 15 is 0 Å². The number of carbonyl (C=O) groups excluding carboxylic acids is 1. The normalized spacial score (nSPS) is 24.7. The summed E-state index contributed by atoms with van der Waals surface area (Å²) in [6.07, 6.45) is 5.84. The van der Waals surface area contributed by atoms with Crippen molar-refractivity contribution in [3.05, 3.63) is 24.0 Å². The van der Waals surface area contributed by atoms with Crippen LogP contribution in [-0.2, 0) is 16.1 Å². The van der Waals surface area contributed by atoms with Crippen molar-refractivity contribution in [2.75, 3.05) is 47.0 Å². The lowest BCUT2D eigenvalue weighted by atomic mass is 9.73. The summed E-state index contributed by atoms with van der Waals surface area (Å²) in [5.41, 5.74) is 1.26. The largest absolute Gasteiger partial charge is 0.497 e. The minimum Gasteiger partial charge on any atom is -0.497 e. The summed E-state index contributed by atoms with van der Waals surface area (Å²) in [4.78, 5) is 21.2. The number of hydrogen-bond acceptors (Lipinski definition) is 5. The Bertz CT molecular complexity index is 595. The zero-order chi connectivity index (χ0) is 17.7. The van der Waals surface area contributed by atoms with Gasteiger partial charge in [0.15, 0.2) is 0 Å². The van der Waals surface area contributed by atoms with E-state index < -0.39 is 0 Å². The van der Waals surface area contributed by atoms with Crippen molar-refractivity contribution in [2.45, 2.75) is 32.2 Å². The van der Waals surface area contributed by atoms with Crippen molar-refractivity contribution < 1.29 is 14.3 Å². The van der Waals surface area contributed by atoms with Crippen LogP contribution in [0.3, 0.4) is 0 Å². The third kappa shape index (κ3) is 4.50. The topological polar surface area (TPSA) is 54.9 Å². The number of nitrogens with zero attached hydrogens (tertiary/aromatic N) is 3. The maximum atomic E-state index is 12.2. The molecule has 0 bridgehead atoms. The fourth-order valence-electron chi connectivity index (χ4n) is 4.18. The number of pyridine rings is 1. The molecule has 1 aromatic heterocycles. The van der Waals surface area contributed by atoms with E-state index in [-0.39, 0.29) is 11.3 Å². The van der Waals surface area contributed by atoms with E-state index in [0.717, 1.165) is 44.0 Å². The number of carbonyl (C=O) groups is 1. The van der Waals surface area contributed by atoms with Crippen LogP contribution in [0.5, 0.6) is 5.75 Å². The summed E-state index contributed by atoms with van der Waals surface area (Å²) >= 11 is 0. The van der Waals surface area contributed by atoms with Gasteiger partial charge in [-0.25, -0.2) is 0 Å². The van der Waals surface area contributed by atoms with E-state index in [4.69, 9.17) is 9.47 Å². The highest BCUT2D eigenvalue weighted by Crippen LogP contribution is 2.39. The molecule has 1 spiro atoms. The number of hydrogen-bond donors (Lipinski definition) is 0. The third-order valence-corrected chi connectivity index (χ3v) is 5.46. The van der Waals surface area contributed by atoms with Crippen LogP contribution in [0.4, 0.5) is 0 Å². The molecule has 138 valence electrons. The second kappa shape index (κ2) is 8.15. The standard InChI is InChI=1S/C19H29N3O3/c1-24-11-10-22-15-19(7-4-18(22)23)6-3-9-21(14-19)13-16-12-17(25-2)5-8-20-16/h5,8,12H,3-4,6-7,9-11,13-15H2,1-2H3. The molecular weight excluding hydrogens is 318 g/mol. The summed E-state index contributed by atoms with van der Waals surface area (Å²) in [5, 5.41) is 0. The Labute approximate surface area is 150 Å². The second-order valence-electron chi connectivity index (χ2n) is 7.31. The lowest BCUT2D eigenvalue weighted by Gasteiger charge is -2.48. The summed E-state index contributed by atoms with van der Waals surface area (Å²) < 4.78 is 10.5. The van der Waals surface area contributed by atoms with Crippen LogP contribution in [0.2, 0.25) is 0 Å². The van der Waals surface area contributed by atoms with Gasteiger partial charge in [0.05, 0.1) is 19.4 Å². The Morgan fingerprint density at radius 1 is 1.28 bits per heavy atom. The maximum Gasteiger partial charge on any atom is 0.222 e. The van der Waals surface area contributed by atoms with Crippen molar-refractivity contribution >= 4 is 5.91 Å². The Balaban J connectivity index is 1.64. The lowest BCUT2D eigenvalue weighted by Crippen LogP contribution is -2.54. The van der Waals surface area contributed by atoms with Gasteiger partial charge in [-0.3, -0.25) is 14.7 Å².